The zero-order chi connectivity index (χ0) is 15.0. The van der Waals surface area contributed by atoms with Gasteiger partial charge in [0.15, 0.2) is 5.82 Å². The van der Waals surface area contributed by atoms with Crippen molar-refractivity contribution in [2.45, 2.75) is 31.2 Å². The highest BCUT2D eigenvalue weighted by molar-refractivity contribution is 7.99. The Morgan fingerprint density at radius 3 is 3.00 bits per heavy atom. The lowest BCUT2D eigenvalue weighted by molar-refractivity contribution is -0.147. The molecule has 1 atom stereocenters. The van der Waals surface area contributed by atoms with Gasteiger partial charge >= 0.3 is 5.97 Å². The fourth-order valence-corrected chi connectivity index (χ4v) is 3.62. The molecule has 1 aliphatic heterocycles. The number of benzene rings is 1. The van der Waals surface area contributed by atoms with Crippen molar-refractivity contribution in [3.05, 3.63) is 35.7 Å². The monoisotopic (exact) mass is 304 g/mol. The first-order chi connectivity index (χ1) is 9.99. The molecule has 1 aromatic heterocycles. The molecule has 3 rings (SSSR count). The minimum atomic E-state index is -0.907. The molecule has 0 saturated carbocycles. The summed E-state index contributed by atoms with van der Waals surface area (Å²) in [6.07, 6.45) is 0. The van der Waals surface area contributed by atoms with Crippen LogP contribution in [0, 0.1) is 5.41 Å². The number of aromatic nitrogens is 4. The summed E-state index contributed by atoms with van der Waals surface area (Å²) in [5.41, 5.74) is 0.307. The third kappa shape index (κ3) is 2.53. The maximum absolute atomic E-state index is 11.3. The van der Waals surface area contributed by atoms with E-state index in [4.69, 9.17) is 0 Å². The lowest BCUT2D eigenvalue weighted by atomic mass is 9.93. The molecule has 21 heavy (non-hydrogen) atoms. The molecule has 1 aliphatic rings. The number of thioether (sulfide) groups is 1. The molecular weight excluding hydrogens is 288 g/mol. The van der Waals surface area contributed by atoms with Crippen LogP contribution < -0.4 is 0 Å². The normalized spacial score (nSPS) is 17.7. The second-order valence-corrected chi connectivity index (χ2v) is 6.85. The first kappa shape index (κ1) is 14.1. The van der Waals surface area contributed by atoms with E-state index in [9.17, 15) is 9.90 Å². The third-order valence-electron chi connectivity index (χ3n) is 3.70. The zero-order valence-corrected chi connectivity index (χ0v) is 12.7. The summed E-state index contributed by atoms with van der Waals surface area (Å²) in [5, 5.41) is 21.1. The lowest BCUT2D eigenvalue weighted by Crippen LogP contribution is -2.31. The maximum Gasteiger partial charge on any atom is 0.310 e. The van der Waals surface area contributed by atoms with Gasteiger partial charge in [-0.3, -0.25) is 4.79 Å². The summed E-state index contributed by atoms with van der Waals surface area (Å²) in [6.45, 7) is 3.62. The maximum atomic E-state index is 11.3. The second-order valence-electron chi connectivity index (χ2n) is 5.79. The Kier molecular flexibility index (Phi) is 3.44. The summed E-state index contributed by atoms with van der Waals surface area (Å²) >= 11 is 1.78. The van der Waals surface area contributed by atoms with Crippen LogP contribution >= 0.6 is 11.8 Å². The van der Waals surface area contributed by atoms with Crippen LogP contribution in [0.4, 0.5) is 0 Å². The van der Waals surface area contributed by atoms with E-state index >= 15 is 0 Å². The molecule has 110 valence electrons. The minimum Gasteiger partial charge on any atom is -0.481 e. The summed E-state index contributed by atoms with van der Waals surface area (Å²) in [4.78, 5) is 12.5. The average Bonchev–Trinajstić information content (AvgIpc) is 3.04. The van der Waals surface area contributed by atoms with E-state index in [1.165, 1.54) is 10.5 Å². The first-order valence-corrected chi connectivity index (χ1v) is 7.69. The minimum absolute atomic E-state index is 0.116. The van der Waals surface area contributed by atoms with Gasteiger partial charge in [0.25, 0.3) is 0 Å². The van der Waals surface area contributed by atoms with Gasteiger partial charge in [0.05, 0.1) is 17.9 Å². The van der Waals surface area contributed by atoms with Crippen molar-refractivity contribution in [3.63, 3.8) is 0 Å². The van der Waals surface area contributed by atoms with Crippen LogP contribution in [0.5, 0.6) is 0 Å². The number of carboxylic acid groups (broad SMARTS) is 1. The van der Waals surface area contributed by atoms with Gasteiger partial charge in [0.2, 0.25) is 0 Å². The Hall–Kier alpha value is -1.89. The third-order valence-corrected chi connectivity index (χ3v) is 4.88. The summed E-state index contributed by atoms with van der Waals surface area (Å²) in [6, 6.07) is 8.20. The van der Waals surface area contributed by atoms with Crippen LogP contribution in [0.25, 0.3) is 0 Å². The van der Waals surface area contributed by atoms with Gasteiger partial charge in [-0.05, 0) is 35.9 Å². The quantitative estimate of drug-likeness (QED) is 0.930. The Balaban J connectivity index is 1.92. The number of hydrogen-bond donors (Lipinski definition) is 1. The predicted molar refractivity (Wildman–Crippen MR) is 78.2 cm³/mol. The number of carbonyl (C=O) groups is 1. The van der Waals surface area contributed by atoms with E-state index < -0.39 is 11.4 Å². The van der Waals surface area contributed by atoms with Gasteiger partial charge < -0.3 is 5.11 Å². The van der Waals surface area contributed by atoms with E-state index in [1.807, 2.05) is 12.1 Å². The number of hydrogen-bond acceptors (Lipinski definition) is 5. The largest absolute Gasteiger partial charge is 0.481 e. The van der Waals surface area contributed by atoms with Crippen molar-refractivity contribution in [3.8, 4) is 0 Å². The Labute approximate surface area is 126 Å². The highest BCUT2D eigenvalue weighted by Gasteiger charge is 2.33. The first-order valence-electron chi connectivity index (χ1n) is 6.70. The molecule has 0 saturated heterocycles. The molecule has 6 nitrogen and oxygen atoms in total. The van der Waals surface area contributed by atoms with E-state index in [0.717, 1.165) is 11.6 Å². The van der Waals surface area contributed by atoms with Crippen molar-refractivity contribution in [2.75, 3.05) is 5.75 Å². The van der Waals surface area contributed by atoms with E-state index in [-0.39, 0.29) is 12.5 Å². The number of rotatable bonds is 4. The molecule has 1 N–H and O–H groups in total. The number of carboxylic acids is 1. The van der Waals surface area contributed by atoms with Gasteiger partial charge in [-0.2, -0.15) is 0 Å². The van der Waals surface area contributed by atoms with Crippen LogP contribution in [0.3, 0.4) is 0 Å². The molecular formula is C14H16N4O2S. The zero-order valence-electron chi connectivity index (χ0n) is 11.9. The molecule has 1 aromatic carbocycles. The Morgan fingerprint density at radius 1 is 1.48 bits per heavy atom. The number of nitrogens with zero attached hydrogens (tertiary/aromatic N) is 4. The summed E-state index contributed by atoms with van der Waals surface area (Å²) in [7, 11) is 0. The van der Waals surface area contributed by atoms with Gasteiger partial charge in [-0.15, -0.1) is 16.9 Å². The van der Waals surface area contributed by atoms with Gasteiger partial charge in [0, 0.05) is 10.6 Å². The molecule has 1 unspecified atom stereocenters. The summed E-state index contributed by atoms with van der Waals surface area (Å²) < 4.78 is 1.63. The number of tetrazole rings is 1. The van der Waals surface area contributed by atoms with Crippen molar-refractivity contribution in [1.29, 1.82) is 0 Å². The van der Waals surface area contributed by atoms with Crippen LogP contribution in [0.2, 0.25) is 0 Å². The van der Waals surface area contributed by atoms with Crippen LogP contribution in [0.15, 0.2) is 29.2 Å². The second kappa shape index (κ2) is 5.14. The van der Waals surface area contributed by atoms with Gasteiger partial charge in [-0.1, -0.05) is 18.2 Å². The number of fused-ring (bicyclic) bond motifs is 1. The molecule has 7 heteroatoms. The van der Waals surface area contributed by atoms with E-state index in [0.29, 0.717) is 0 Å². The molecule has 2 heterocycles. The average molecular weight is 304 g/mol. The number of aliphatic carboxylic acids is 1. The predicted octanol–water partition coefficient (Wildman–Crippen LogP) is 2.02. The van der Waals surface area contributed by atoms with Crippen molar-refractivity contribution in [1.82, 2.24) is 20.2 Å². The molecule has 0 spiro atoms. The standard InChI is InChI=1S/C14H16N4O2S/c1-14(2,13(19)20)8-18-12(15-16-17-18)10-7-21-11-6-4-3-5-9(10)11/h3-6,10H,7-8H2,1-2H3,(H,19,20). The van der Waals surface area contributed by atoms with Crippen LogP contribution in [-0.2, 0) is 11.3 Å². The van der Waals surface area contributed by atoms with E-state index in [1.54, 1.807) is 30.3 Å². The van der Waals surface area contributed by atoms with Gasteiger partial charge in [-0.25, -0.2) is 4.68 Å². The molecule has 0 radical (unpaired) electrons. The molecule has 0 fully saturated rings. The topological polar surface area (TPSA) is 80.9 Å². The van der Waals surface area contributed by atoms with E-state index in [2.05, 4.69) is 27.7 Å². The Bertz CT molecular complexity index is 683. The van der Waals surface area contributed by atoms with Crippen molar-refractivity contribution >= 4 is 17.7 Å². The van der Waals surface area contributed by atoms with Crippen molar-refractivity contribution < 1.29 is 9.90 Å². The molecule has 0 amide bonds. The fraction of sp³-hybridized carbons (Fsp3) is 0.429. The Morgan fingerprint density at radius 2 is 2.24 bits per heavy atom. The van der Waals surface area contributed by atoms with Crippen LogP contribution in [-0.4, -0.2) is 37.0 Å². The van der Waals surface area contributed by atoms with Crippen molar-refractivity contribution in [2.24, 2.45) is 5.41 Å². The molecule has 0 aliphatic carbocycles. The molecule has 2 aromatic rings. The fourth-order valence-electron chi connectivity index (χ4n) is 2.39. The molecule has 0 bridgehead atoms. The SMILES string of the molecule is CC(C)(Cn1nnnc1C1CSc2ccccc21)C(=O)O. The highest BCUT2D eigenvalue weighted by Crippen LogP contribution is 2.42. The lowest BCUT2D eigenvalue weighted by Gasteiger charge is -2.20. The van der Waals surface area contributed by atoms with Crippen LogP contribution in [0.1, 0.15) is 31.2 Å². The highest BCUT2D eigenvalue weighted by atomic mass is 32.2. The summed E-state index contributed by atoms with van der Waals surface area (Å²) in [5.74, 6) is 0.880. The van der Waals surface area contributed by atoms with Gasteiger partial charge in [0.1, 0.15) is 0 Å². The smallest absolute Gasteiger partial charge is 0.310 e.